The van der Waals surface area contributed by atoms with Crippen molar-refractivity contribution in [1.82, 2.24) is 9.55 Å². The first kappa shape index (κ1) is 6.92. The van der Waals surface area contributed by atoms with Crippen molar-refractivity contribution in [1.29, 1.82) is 0 Å². The van der Waals surface area contributed by atoms with E-state index in [1.54, 1.807) is 7.05 Å². The zero-order valence-corrected chi connectivity index (χ0v) is 5.54. The standard InChI is InChI=1S/C6H7FN2O/c1-9-5(4-10)3-8-6(9)2-7/h3-4H,2H2,1H3. The molecule has 1 aromatic heterocycles. The summed E-state index contributed by atoms with van der Waals surface area (Å²) in [6.07, 6.45) is 1.99. The number of carbonyl (C=O) groups excluding carboxylic acids is 1. The molecule has 10 heavy (non-hydrogen) atoms. The number of nitrogens with zero attached hydrogens (tertiary/aromatic N) is 2. The summed E-state index contributed by atoms with van der Waals surface area (Å²) in [5.41, 5.74) is 0.396. The Morgan fingerprint density at radius 3 is 2.90 bits per heavy atom. The van der Waals surface area contributed by atoms with Crippen LogP contribution >= 0.6 is 0 Å². The molecule has 0 fully saturated rings. The first-order valence-electron chi connectivity index (χ1n) is 2.81. The average molecular weight is 142 g/mol. The topological polar surface area (TPSA) is 34.9 Å². The van der Waals surface area contributed by atoms with E-state index in [-0.39, 0.29) is 5.82 Å². The molecule has 0 unspecified atom stereocenters. The van der Waals surface area contributed by atoms with Crippen molar-refractivity contribution in [3.63, 3.8) is 0 Å². The fourth-order valence-corrected chi connectivity index (χ4v) is 0.697. The zero-order chi connectivity index (χ0) is 7.56. The highest BCUT2D eigenvalue weighted by molar-refractivity contribution is 5.71. The minimum absolute atomic E-state index is 0.280. The van der Waals surface area contributed by atoms with Crippen molar-refractivity contribution >= 4 is 6.29 Å². The van der Waals surface area contributed by atoms with Crippen LogP contribution in [-0.4, -0.2) is 15.8 Å². The van der Waals surface area contributed by atoms with E-state index in [1.165, 1.54) is 10.8 Å². The van der Waals surface area contributed by atoms with Crippen molar-refractivity contribution in [3.05, 3.63) is 17.7 Å². The maximum absolute atomic E-state index is 11.9. The molecule has 54 valence electrons. The number of rotatable bonds is 2. The van der Waals surface area contributed by atoms with Gasteiger partial charge in [0.15, 0.2) is 6.29 Å². The summed E-state index contributed by atoms with van der Waals surface area (Å²) in [4.78, 5) is 13.8. The third-order valence-corrected chi connectivity index (χ3v) is 1.36. The minimum Gasteiger partial charge on any atom is -0.327 e. The van der Waals surface area contributed by atoms with Gasteiger partial charge in [-0.3, -0.25) is 4.79 Å². The molecule has 0 spiro atoms. The number of halogens is 1. The predicted molar refractivity (Wildman–Crippen MR) is 33.4 cm³/mol. The number of aldehydes is 1. The van der Waals surface area contributed by atoms with Crippen LogP contribution in [0.4, 0.5) is 4.39 Å². The van der Waals surface area contributed by atoms with Gasteiger partial charge in [0.1, 0.15) is 18.2 Å². The van der Waals surface area contributed by atoms with Gasteiger partial charge in [-0.1, -0.05) is 0 Å². The SMILES string of the molecule is Cn1c(C=O)cnc1CF. The third kappa shape index (κ3) is 0.920. The molecule has 0 saturated heterocycles. The largest absolute Gasteiger partial charge is 0.327 e. The average Bonchev–Trinajstić information content (AvgIpc) is 2.30. The molecule has 0 saturated carbocycles. The Bertz CT molecular complexity index is 244. The summed E-state index contributed by atoms with van der Waals surface area (Å²) in [6, 6.07) is 0. The van der Waals surface area contributed by atoms with Crippen LogP contribution in [0.15, 0.2) is 6.20 Å². The van der Waals surface area contributed by atoms with Crippen molar-refractivity contribution in [2.24, 2.45) is 7.05 Å². The predicted octanol–water partition coefficient (Wildman–Crippen LogP) is 0.702. The molecule has 0 amide bonds. The van der Waals surface area contributed by atoms with Gasteiger partial charge >= 0.3 is 0 Å². The minimum atomic E-state index is -0.635. The maximum Gasteiger partial charge on any atom is 0.168 e. The van der Waals surface area contributed by atoms with Crippen LogP contribution < -0.4 is 0 Å². The summed E-state index contributed by atoms with van der Waals surface area (Å²) in [7, 11) is 1.60. The second kappa shape index (κ2) is 2.60. The van der Waals surface area contributed by atoms with Gasteiger partial charge in [0.05, 0.1) is 6.20 Å². The van der Waals surface area contributed by atoms with E-state index < -0.39 is 6.67 Å². The maximum atomic E-state index is 11.9. The lowest BCUT2D eigenvalue weighted by Crippen LogP contribution is -1.98. The number of hydrogen-bond donors (Lipinski definition) is 0. The highest BCUT2D eigenvalue weighted by atomic mass is 19.1. The fraction of sp³-hybridized carbons (Fsp3) is 0.333. The molecule has 1 rings (SSSR count). The number of alkyl halides is 1. The summed E-state index contributed by atoms with van der Waals surface area (Å²) in [6.45, 7) is -0.635. The smallest absolute Gasteiger partial charge is 0.168 e. The Morgan fingerprint density at radius 2 is 2.60 bits per heavy atom. The Kier molecular flexibility index (Phi) is 1.80. The summed E-state index contributed by atoms with van der Waals surface area (Å²) >= 11 is 0. The van der Waals surface area contributed by atoms with Gasteiger partial charge in [0.2, 0.25) is 0 Å². The van der Waals surface area contributed by atoms with Crippen LogP contribution in [0.1, 0.15) is 16.3 Å². The molecule has 0 bridgehead atoms. The van der Waals surface area contributed by atoms with Crippen LogP contribution in [0, 0.1) is 0 Å². The molecule has 0 radical (unpaired) electrons. The quantitative estimate of drug-likeness (QED) is 0.570. The summed E-state index contributed by atoms with van der Waals surface area (Å²) < 4.78 is 13.4. The lowest BCUT2D eigenvalue weighted by atomic mass is 10.5. The van der Waals surface area contributed by atoms with E-state index in [9.17, 15) is 9.18 Å². The van der Waals surface area contributed by atoms with E-state index in [2.05, 4.69) is 4.98 Å². The third-order valence-electron chi connectivity index (χ3n) is 1.36. The van der Waals surface area contributed by atoms with Gasteiger partial charge in [0.25, 0.3) is 0 Å². The Balaban J connectivity index is 3.08. The summed E-state index contributed by atoms with van der Waals surface area (Å²) in [5.74, 6) is 0.280. The lowest BCUT2D eigenvalue weighted by Gasteiger charge is -1.95. The molecular weight excluding hydrogens is 135 g/mol. The van der Waals surface area contributed by atoms with Crippen LogP contribution in [0.25, 0.3) is 0 Å². The summed E-state index contributed by atoms with van der Waals surface area (Å²) in [5, 5.41) is 0. The molecule has 0 N–H and O–H groups in total. The highest BCUT2D eigenvalue weighted by Gasteiger charge is 2.02. The molecule has 1 aromatic rings. The van der Waals surface area contributed by atoms with Gasteiger partial charge < -0.3 is 4.57 Å². The second-order valence-corrected chi connectivity index (χ2v) is 1.91. The fourth-order valence-electron chi connectivity index (χ4n) is 0.697. The monoisotopic (exact) mass is 142 g/mol. The molecule has 0 atom stereocenters. The Labute approximate surface area is 57.5 Å². The molecular formula is C6H7FN2O. The number of imidazole rings is 1. The van der Waals surface area contributed by atoms with Crippen molar-refractivity contribution in [2.45, 2.75) is 6.67 Å². The Hall–Kier alpha value is -1.19. The number of aromatic nitrogens is 2. The van der Waals surface area contributed by atoms with Crippen LogP contribution in [0.2, 0.25) is 0 Å². The van der Waals surface area contributed by atoms with Crippen molar-refractivity contribution < 1.29 is 9.18 Å². The van der Waals surface area contributed by atoms with E-state index >= 15 is 0 Å². The van der Waals surface area contributed by atoms with Gasteiger partial charge in [-0.15, -0.1) is 0 Å². The van der Waals surface area contributed by atoms with Gasteiger partial charge in [0, 0.05) is 7.05 Å². The van der Waals surface area contributed by atoms with E-state index in [0.717, 1.165) is 0 Å². The first-order chi connectivity index (χ1) is 4.79. The molecule has 0 aliphatic carbocycles. The van der Waals surface area contributed by atoms with Crippen molar-refractivity contribution in [2.75, 3.05) is 0 Å². The van der Waals surface area contributed by atoms with E-state index in [4.69, 9.17) is 0 Å². The highest BCUT2D eigenvalue weighted by Crippen LogP contribution is 2.00. The molecule has 4 heteroatoms. The normalized spacial score (nSPS) is 9.80. The molecule has 0 aliphatic rings. The lowest BCUT2D eigenvalue weighted by molar-refractivity contribution is 0.111. The first-order valence-corrected chi connectivity index (χ1v) is 2.81. The number of carbonyl (C=O) groups is 1. The number of hydrogen-bond acceptors (Lipinski definition) is 2. The van der Waals surface area contributed by atoms with Gasteiger partial charge in [-0.2, -0.15) is 0 Å². The molecule has 0 aromatic carbocycles. The van der Waals surface area contributed by atoms with Crippen LogP contribution in [0.5, 0.6) is 0 Å². The van der Waals surface area contributed by atoms with Gasteiger partial charge in [-0.05, 0) is 0 Å². The van der Waals surface area contributed by atoms with Crippen LogP contribution in [-0.2, 0) is 13.7 Å². The zero-order valence-electron chi connectivity index (χ0n) is 5.54. The van der Waals surface area contributed by atoms with Crippen molar-refractivity contribution in [3.8, 4) is 0 Å². The van der Waals surface area contributed by atoms with E-state index in [0.29, 0.717) is 12.0 Å². The molecule has 0 aliphatic heterocycles. The second-order valence-electron chi connectivity index (χ2n) is 1.91. The molecule has 3 nitrogen and oxygen atoms in total. The Morgan fingerprint density at radius 1 is 1.90 bits per heavy atom. The van der Waals surface area contributed by atoms with Gasteiger partial charge in [-0.25, -0.2) is 9.37 Å². The van der Waals surface area contributed by atoms with E-state index in [1.807, 2.05) is 0 Å². The molecule has 1 heterocycles. The van der Waals surface area contributed by atoms with Crippen LogP contribution in [0.3, 0.4) is 0 Å².